The van der Waals surface area contributed by atoms with E-state index in [-0.39, 0.29) is 0 Å². The summed E-state index contributed by atoms with van der Waals surface area (Å²) in [5.41, 5.74) is 4.61. The second-order valence-corrected chi connectivity index (χ2v) is 5.49. The fourth-order valence-electron chi connectivity index (χ4n) is 2.54. The third-order valence-electron chi connectivity index (χ3n) is 3.91. The van der Waals surface area contributed by atoms with Gasteiger partial charge in [0.05, 0.1) is 0 Å². The van der Waals surface area contributed by atoms with Gasteiger partial charge in [-0.1, -0.05) is 31.2 Å². The highest BCUT2D eigenvalue weighted by atomic mass is 15.3. The van der Waals surface area contributed by atoms with Gasteiger partial charge in [0.1, 0.15) is 0 Å². The molecule has 1 N–H and O–H groups in total. The summed E-state index contributed by atoms with van der Waals surface area (Å²) >= 11 is 0. The van der Waals surface area contributed by atoms with Crippen molar-refractivity contribution >= 4 is 17.3 Å². The first kappa shape index (κ1) is 16.1. The Morgan fingerprint density at radius 3 is 2.32 bits per heavy atom. The minimum atomic E-state index is 0.487. The second kappa shape index (κ2) is 7.12. The number of anilines is 2. The summed E-state index contributed by atoms with van der Waals surface area (Å²) in [7, 11) is 1.95. The van der Waals surface area contributed by atoms with E-state index in [0.717, 1.165) is 24.3 Å². The molecule has 0 heterocycles. The van der Waals surface area contributed by atoms with Gasteiger partial charge in [0, 0.05) is 25.0 Å². The number of nitrogens with one attached hydrogen (secondary N) is 1. The molecule has 3 nitrogen and oxygen atoms in total. The predicted molar refractivity (Wildman–Crippen MR) is 96.1 cm³/mol. The van der Waals surface area contributed by atoms with E-state index in [9.17, 15) is 0 Å². The second-order valence-electron chi connectivity index (χ2n) is 5.49. The molecule has 0 saturated heterocycles. The van der Waals surface area contributed by atoms with Crippen LogP contribution in [0.15, 0.2) is 48.5 Å². The van der Waals surface area contributed by atoms with Crippen LogP contribution in [0.3, 0.4) is 0 Å². The van der Waals surface area contributed by atoms with E-state index in [4.69, 9.17) is 5.41 Å². The van der Waals surface area contributed by atoms with Crippen molar-refractivity contribution in [3.8, 4) is 0 Å². The van der Waals surface area contributed by atoms with Crippen molar-refractivity contribution in [3.05, 3.63) is 59.7 Å². The van der Waals surface area contributed by atoms with Crippen LogP contribution in [0.2, 0.25) is 0 Å². The van der Waals surface area contributed by atoms with E-state index < -0.39 is 0 Å². The summed E-state index contributed by atoms with van der Waals surface area (Å²) in [5.74, 6) is 0.487. The fraction of sp³-hybridized carbons (Fsp3) is 0.316. The van der Waals surface area contributed by atoms with Gasteiger partial charge < -0.3 is 9.80 Å². The molecule has 0 aliphatic heterocycles. The number of nitrogens with zero attached hydrogens (tertiary/aromatic N) is 2. The van der Waals surface area contributed by atoms with Gasteiger partial charge in [-0.3, -0.25) is 5.41 Å². The van der Waals surface area contributed by atoms with Crippen molar-refractivity contribution in [1.82, 2.24) is 0 Å². The van der Waals surface area contributed by atoms with Crippen LogP contribution >= 0.6 is 0 Å². The van der Waals surface area contributed by atoms with E-state index in [1.165, 1.54) is 11.1 Å². The number of aryl methyl sites for hydroxylation is 2. The summed E-state index contributed by atoms with van der Waals surface area (Å²) in [6, 6.07) is 16.7. The van der Waals surface area contributed by atoms with Gasteiger partial charge in [0.15, 0.2) is 0 Å². The quantitative estimate of drug-likeness (QED) is 0.667. The Hall–Kier alpha value is -2.29. The summed E-state index contributed by atoms with van der Waals surface area (Å²) in [4.78, 5) is 3.95. The zero-order valence-corrected chi connectivity index (χ0v) is 13.9. The normalized spacial score (nSPS) is 10.4. The molecule has 0 atom stereocenters. The maximum Gasteiger partial charge on any atom is 0.202 e. The lowest BCUT2D eigenvalue weighted by Crippen LogP contribution is -2.42. The monoisotopic (exact) mass is 295 g/mol. The highest BCUT2D eigenvalue weighted by molar-refractivity contribution is 6.04. The van der Waals surface area contributed by atoms with Crippen molar-refractivity contribution in [3.63, 3.8) is 0 Å². The van der Waals surface area contributed by atoms with Crippen LogP contribution in [0.1, 0.15) is 25.0 Å². The van der Waals surface area contributed by atoms with Gasteiger partial charge in [-0.15, -0.1) is 0 Å². The molecule has 2 rings (SSSR count). The van der Waals surface area contributed by atoms with Gasteiger partial charge in [-0.2, -0.15) is 0 Å². The van der Waals surface area contributed by atoms with E-state index in [0.29, 0.717) is 5.96 Å². The predicted octanol–water partition coefficient (Wildman–Crippen LogP) is 4.45. The van der Waals surface area contributed by atoms with Gasteiger partial charge >= 0.3 is 0 Å². The van der Waals surface area contributed by atoms with Gasteiger partial charge in [-0.05, 0) is 55.7 Å². The molecular weight excluding hydrogens is 270 g/mol. The average Bonchev–Trinajstić information content (AvgIpc) is 2.55. The summed E-state index contributed by atoms with van der Waals surface area (Å²) in [6.45, 7) is 7.07. The Morgan fingerprint density at radius 2 is 1.68 bits per heavy atom. The third kappa shape index (κ3) is 3.48. The first-order valence-corrected chi connectivity index (χ1v) is 7.82. The first-order valence-electron chi connectivity index (χ1n) is 7.82. The summed E-state index contributed by atoms with van der Waals surface area (Å²) in [5, 5.41) is 8.58. The Labute approximate surface area is 133 Å². The molecule has 0 radical (unpaired) electrons. The molecule has 0 fully saturated rings. The molecule has 3 heteroatoms. The van der Waals surface area contributed by atoms with E-state index in [1.54, 1.807) is 0 Å². The SMILES string of the molecule is CCc1cccc(N(C)C(=N)N(CC)c2cccc(C)c2)c1. The van der Waals surface area contributed by atoms with E-state index in [2.05, 4.69) is 63.2 Å². The molecule has 0 amide bonds. The van der Waals surface area contributed by atoms with Crippen LogP contribution in [-0.2, 0) is 6.42 Å². The lowest BCUT2D eigenvalue weighted by Gasteiger charge is -2.30. The molecule has 22 heavy (non-hydrogen) atoms. The fourth-order valence-corrected chi connectivity index (χ4v) is 2.54. The summed E-state index contributed by atoms with van der Waals surface area (Å²) in [6.07, 6.45) is 1.00. The third-order valence-corrected chi connectivity index (χ3v) is 3.91. The minimum absolute atomic E-state index is 0.487. The zero-order valence-electron chi connectivity index (χ0n) is 13.9. The maximum atomic E-state index is 8.58. The number of hydrogen-bond donors (Lipinski definition) is 1. The Kier molecular flexibility index (Phi) is 5.21. The van der Waals surface area contributed by atoms with Gasteiger partial charge in [-0.25, -0.2) is 0 Å². The molecular formula is C19H25N3. The van der Waals surface area contributed by atoms with Crippen LogP contribution in [0.5, 0.6) is 0 Å². The zero-order chi connectivity index (χ0) is 16.1. The van der Waals surface area contributed by atoms with Crippen molar-refractivity contribution in [2.24, 2.45) is 0 Å². The number of guanidine groups is 1. The molecule has 2 aromatic carbocycles. The number of benzene rings is 2. The highest BCUT2D eigenvalue weighted by Gasteiger charge is 2.16. The summed E-state index contributed by atoms with van der Waals surface area (Å²) < 4.78 is 0. The van der Waals surface area contributed by atoms with Crippen molar-refractivity contribution in [2.45, 2.75) is 27.2 Å². The number of hydrogen-bond acceptors (Lipinski definition) is 1. The largest absolute Gasteiger partial charge is 0.316 e. The number of rotatable bonds is 4. The highest BCUT2D eigenvalue weighted by Crippen LogP contribution is 2.21. The van der Waals surface area contributed by atoms with Crippen LogP contribution < -0.4 is 9.80 Å². The van der Waals surface area contributed by atoms with E-state index >= 15 is 0 Å². The van der Waals surface area contributed by atoms with Gasteiger partial charge in [0.2, 0.25) is 5.96 Å². The molecule has 0 bridgehead atoms. The molecule has 0 spiro atoms. The van der Waals surface area contributed by atoms with E-state index in [1.807, 2.05) is 22.9 Å². The maximum absolute atomic E-state index is 8.58. The topological polar surface area (TPSA) is 30.3 Å². The van der Waals surface area contributed by atoms with Crippen molar-refractivity contribution in [2.75, 3.05) is 23.4 Å². The lowest BCUT2D eigenvalue weighted by atomic mass is 10.1. The molecule has 0 unspecified atom stereocenters. The average molecular weight is 295 g/mol. The molecule has 0 saturated carbocycles. The molecule has 0 aliphatic carbocycles. The lowest BCUT2D eigenvalue weighted by molar-refractivity contribution is 1.00. The van der Waals surface area contributed by atoms with Crippen LogP contribution in [0.4, 0.5) is 11.4 Å². The Bertz CT molecular complexity index is 649. The minimum Gasteiger partial charge on any atom is -0.316 e. The standard InChI is InChI=1S/C19H25N3/c1-5-16-10-8-11-17(14-16)21(4)19(20)22(6-2)18-12-7-9-15(3)13-18/h7-14,20H,5-6H2,1-4H3. The van der Waals surface area contributed by atoms with Crippen molar-refractivity contribution in [1.29, 1.82) is 5.41 Å². The smallest absolute Gasteiger partial charge is 0.202 e. The van der Waals surface area contributed by atoms with Crippen LogP contribution in [0.25, 0.3) is 0 Å². The molecule has 0 aliphatic rings. The molecule has 0 aromatic heterocycles. The Morgan fingerprint density at radius 1 is 1.00 bits per heavy atom. The van der Waals surface area contributed by atoms with Crippen LogP contribution in [-0.4, -0.2) is 19.6 Å². The molecule has 116 valence electrons. The Balaban J connectivity index is 2.27. The van der Waals surface area contributed by atoms with Crippen LogP contribution in [0, 0.1) is 12.3 Å². The first-order chi connectivity index (χ1) is 10.6. The van der Waals surface area contributed by atoms with Crippen molar-refractivity contribution < 1.29 is 0 Å². The molecule has 2 aromatic rings. The van der Waals surface area contributed by atoms with Gasteiger partial charge in [0.25, 0.3) is 0 Å².